The summed E-state index contributed by atoms with van der Waals surface area (Å²) in [5.41, 5.74) is 7.45. The molecular formula is C20H11BrN2O3. The van der Waals surface area contributed by atoms with Crippen molar-refractivity contribution < 1.29 is 14.3 Å². The lowest BCUT2D eigenvalue weighted by atomic mass is 9.75. The van der Waals surface area contributed by atoms with Gasteiger partial charge in [-0.05, 0) is 17.7 Å². The number of nitriles is 1. The Morgan fingerprint density at radius 2 is 1.62 bits per heavy atom. The zero-order chi connectivity index (χ0) is 18.4. The molecule has 0 spiro atoms. The van der Waals surface area contributed by atoms with Gasteiger partial charge in [-0.2, -0.15) is 5.26 Å². The molecule has 0 amide bonds. The Morgan fingerprint density at radius 1 is 1.00 bits per heavy atom. The van der Waals surface area contributed by atoms with Crippen molar-refractivity contribution in [3.05, 3.63) is 92.5 Å². The van der Waals surface area contributed by atoms with E-state index in [0.29, 0.717) is 11.1 Å². The fourth-order valence-electron chi connectivity index (χ4n) is 3.30. The van der Waals surface area contributed by atoms with Gasteiger partial charge in [-0.15, -0.1) is 0 Å². The second-order valence-corrected chi connectivity index (χ2v) is 6.84. The molecule has 26 heavy (non-hydrogen) atoms. The van der Waals surface area contributed by atoms with E-state index in [1.165, 1.54) is 0 Å². The minimum atomic E-state index is -0.748. The predicted octanol–water partition coefficient (Wildman–Crippen LogP) is 3.59. The third-order valence-electron chi connectivity index (χ3n) is 4.49. The van der Waals surface area contributed by atoms with Gasteiger partial charge in [-0.1, -0.05) is 52.3 Å². The molecule has 0 saturated heterocycles. The molecule has 1 atom stereocenters. The fraction of sp³-hybridized carbons (Fsp3) is 0.0500. The number of nitrogens with two attached hydrogens (primary N) is 1. The van der Waals surface area contributed by atoms with Crippen LogP contribution in [0.15, 0.2) is 75.8 Å². The number of rotatable bonds is 1. The van der Waals surface area contributed by atoms with Gasteiger partial charge in [0.2, 0.25) is 11.7 Å². The van der Waals surface area contributed by atoms with E-state index < -0.39 is 11.7 Å². The van der Waals surface area contributed by atoms with Crippen LogP contribution in [-0.4, -0.2) is 11.6 Å². The maximum absolute atomic E-state index is 13.1. The number of benzene rings is 2. The Morgan fingerprint density at radius 3 is 2.23 bits per heavy atom. The first-order valence-electron chi connectivity index (χ1n) is 7.78. The molecule has 1 aliphatic heterocycles. The van der Waals surface area contributed by atoms with E-state index in [1.54, 1.807) is 48.5 Å². The highest BCUT2D eigenvalue weighted by Gasteiger charge is 2.43. The first-order valence-corrected chi connectivity index (χ1v) is 8.58. The van der Waals surface area contributed by atoms with Crippen molar-refractivity contribution in [1.29, 1.82) is 5.26 Å². The molecule has 0 unspecified atom stereocenters. The molecule has 0 aromatic heterocycles. The standard InChI is InChI=1S/C20H11BrN2O3/c21-11-7-5-10(6-8-11)15-14(9-22)20(23)26-19-16(15)17(24)12-3-1-2-4-13(12)18(19)25/h1-8,15H,23H2/t15-/m1/s1. The Kier molecular flexibility index (Phi) is 3.74. The molecule has 2 aliphatic rings. The summed E-state index contributed by atoms with van der Waals surface area (Å²) in [5, 5.41) is 9.59. The zero-order valence-corrected chi connectivity index (χ0v) is 14.9. The number of carbonyl (C=O) groups excluding carboxylic acids is 2. The van der Waals surface area contributed by atoms with Gasteiger partial charge in [0.25, 0.3) is 0 Å². The second kappa shape index (κ2) is 5.97. The maximum Gasteiger partial charge on any atom is 0.229 e. The molecule has 0 radical (unpaired) electrons. The largest absolute Gasteiger partial charge is 0.436 e. The number of fused-ring (bicyclic) bond motifs is 1. The molecule has 2 aromatic carbocycles. The van der Waals surface area contributed by atoms with Gasteiger partial charge < -0.3 is 10.5 Å². The van der Waals surface area contributed by atoms with Gasteiger partial charge in [0.15, 0.2) is 11.5 Å². The first-order chi connectivity index (χ1) is 12.5. The third-order valence-corrected chi connectivity index (χ3v) is 5.02. The summed E-state index contributed by atoms with van der Waals surface area (Å²) in [4.78, 5) is 26.0. The van der Waals surface area contributed by atoms with Crippen molar-refractivity contribution in [1.82, 2.24) is 0 Å². The second-order valence-electron chi connectivity index (χ2n) is 5.92. The number of Topliss-reactive ketones (excluding diaryl/α,β-unsaturated/α-hetero) is 2. The highest BCUT2D eigenvalue weighted by Crippen LogP contribution is 2.44. The minimum Gasteiger partial charge on any atom is -0.436 e. The summed E-state index contributed by atoms with van der Waals surface area (Å²) in [6.45, 7) is 0. The summed E-state index contributed by atoms with van der Waals surface area (Å²) in [5.74, 6) is -1.74. The van der Waals surface area contributed by atoms with Crippen molar-refractivity contribution in [2.75, 3.05) is 0 Å². The average molecular weight is 407 g/mol. The number of hydrogen-bond donors (Lipinski definition) is 1. The molecule has 4 rings (SSSR count). The normalized spacial score (nSPS) is 18.8. The molecule has 2 aromatic rings. The Bertz CT molecular complexity index is 1070. The van der Waals surface area contributed by atoms with Crippen LogP contribution in [0.2, 0.25) is 0 Å². The van der Waals surface area contributed by atoms with Crippen molar-refractivity contribution in [2.45, 2.75) is 5.92 Å². The molecule has 126 valence electrons. The van der Waals surface area contributed by atoms with Crippen molar-refractivity contribution in [2.24, 2.45) is 5.73 Å². The van der Waals surface area contributed by atoms with Gasteiger partial charge in [-0.3, -0.25) is 9.59 Å². The van der Waals surface area contributed by atoms with Gasteiger partial charge in [0.05, 0.1) is 11.5 Å². The van der Waals surface area contributed by atoms with Crippen LogP contribution in [0.4, 0.5) is 0 Å². The molecule has 1 heterocycles. The van der Waals surface area contributed by atoms with Crippen LogP contribution in [0.3, 0.4) is 0 Å². The van der Waals surface area contributed by atoms with Crippen LogP contribution < -0.4 is 5.73 Å². The van der Waals surface area contributed by atoms with Crippen LogP contribution in [0, 0.1) is 11.3 Å². The Hall–Kier alpha value is -3.17. The van der Waals surface area contributed by atoms with E-state index in [-0.39, 0.29) is 34.1 Å². The number of hydrogen-bond acceptors (Lipinski definition) is 5. The SMILES string of the molecule is N#CC1=C(N)OC2=C(C(=O)c3ccccc3C2=O)[C@@H]1c1ccc(Br)cc1. The molecule has 0 saturated carbocycles. The smallest absolute Gasteiger partial charge is 0.229 e. The van der Waals surface area contributed by atoms with E-state index in [9.17, 15) is 14.9 Å². The lowest BCUT2D eigenvalue weighted by molar-refractivity contribution is 0.0897. The van der Waals surface area contributed by atoms with Crippen LogP contribution >= 0.6 is 15.9 Å². The highest BCUT2D eigenvalue weighted by molar-refractivity contribution is 9.10. The molecule has 5 nitrogen and oxygen atoms in total. The Labute approximate surface area is 157 Å². The fourth-order valence-corrected chi connectivity index (χ4v) is 3.56. The first kappa shape index (κ1) is 16.3. The van der Waals surface area contributed by atoms with Crippen LogP contribution in [0.5, 0.6) is 0 Å². The van der Waals surface area contributed by atoms with E-state index in [2.05, 4.69) is 15.9 Å². The predicted molar refractivity (Wildman–Crippen MR) is 96.9 cm³/mol. The number of carbonyl (C=O) groups is 2. The van der Waals surface area contributed by atoms with E-state index in [0.717, 1.165) is 4.47 Å². The summed E-state index contributed by atoms with van der Waals surface area (Å²) < 4.78 is 6.30. The van der Waals surface area contributed by atoms with Crippen LogP contribution in [0.1, 0.15) is 32.2 Å². The number of allylic oxidation sites excluding steroid dienone is 3. The molecule has 6 heteroatoms. The molecule has 0 fully saturated rings. The average Bonchev–Trinajstić information content (AvgIpc) is 2.66. The summed E-state index contributed by atoms with van der Waals surface area (Å²) >= 11 is 3.37. The van der Waals surface area contributed by atoms with Gasteiger partial charge >= 0.3 is 0 Å². The van der Waals surface area contributed by atoms with Crippen molar-refractivity contribution >= 4 is 27.5 Å². The Balaban J connectivity index is 1.97. The number of ether oxygens (including phenoxy) is 1. The van der Waals surface area contributed by atoms with E-state index >= 15 is 0 Å². The summed E-state index contributed by atoms with van der Waals surface area (Å²) in [6.07, 6.45) is 0. The minimum absolute atomic E-state index is 0.0990. The van der Waals surface area contributed by atoms with E-state index in [4.69, 9.17) is 10.5 Å². The number of halogens is 1. The molecule has 2 N–H and O–H groups in total. The molecule has 0 bridgehead atoms. The lowest BCUT2D eigenvalue weighted by Gasteiger charge is -2.30. The number of nitrogens with zero attached hydrogens (tertiary/aromatic N) is 1. The molecule has 1 aliphatic carbocycles. The highest BCUT2D eigenvalue weighted by atomic mass is 79.9. The summed E-state index contributed by atoms with van der Waals surface area (Å²) in [7, 11) is 0. The topological polar surface area (TPSA) is 93.2 Å². The van der Waals surface area contributed by atoms with Crippen molar-refractivity contribution in [3.8, 4) is 6.07 Å². The van der Waals surface area contributed by atoms with Crippen molar-refractivity contribution in [3.63, 3.8) is 0 Å². The lowest BCUT2D eigenvalue weighted by Crippen LogP contribution is -2.32. The zero-order valence-electron chi connectivity index (χ0n) is 13.3. The van der Waals surface area contributed by atoms with Gasteiger partial charge in [0, 0.05) is 15.6 Å². The van der Waals surface area contributed by atoms with Crippen LogP contribution in [-0.2, 0) is 4.74 Å². The summed E-state index contributed by atoms with van der Waals surface area (Å²) in [6, 6.07) is 15.8. The molecular weight excluding hydrogens is 396 g/mol. The van der Waals surface area contributed by atoms with Crippen LogP contribution in [0.25, 0.3) is 0 Å². The third kappa shape index (κ3) is 2.29. The monoisotopic (exact) mass is 406 g/mol. The van der Waals surface area contributed by atoms with Gasteiger partial charge in [0.1, 0.15) is 11.6 Å². The van der Waals surface area contributed by atoms with Gasteiger partial charge in [-0.25, -0.2) is 0 Å². The quantitative estimate of drug-likeness (QED) is 0.780. The van der Waals surface area contributed by atoms with E-state index in [1.807, 2.05) is 6.07 Å². The maximum atomic E-state index is 13.1. The number of ketones is 2.